The lowest BCUT2D eigenvalue weighted by Gasteiger charge is -2.25. The largest absolute Gasteiger partial charge is 0.339 e. The molecule has 0 spiro atoms. The van der Waals surface area contributed by atoms with Crippen LogP contribution in [-0.4, -0.2) is 29.9 Å². The molecule has 0 aromatic carbocycles. The van der Waals surface area contributed by atoms with E-state index in [1.807, 2.05) is 0 Å². The van der Waals surface area contributed by atoms with Crippen LogP contribution in [-0.2, 0) is 4.79 Å². The molecule has 3 rings (SSSR count). The second-order valence-electron chi connectivity index (χ2n) is 6.40. The van der Waals surface area contributed by atoms with Crippen LogP contribution in [0.5, 0.6) is 0 Å². The molecule has 2 aliphatic carbocycles. The molecule has 0 aromatic heterocycles. The number of nitrogens with two attached hydrogens (primary N) is 1. The average molecular weight is 250 g/mol. The minimum absolute atomic E-state index is 0.408. The monoisotopic (exact) mass is 250 g/mol. The number of carbonyl (C=O) groups excluding carboxylic acids is 1. The molecule has 1 aliphatic heterocycles. The second-order valence-corrected chi connectivity index (χ2v) is 6.40. The fourth-order valence-corrected chi connectivity index (χ4v) is 4.33. The maximum absolute atomic E-state index is 12.6. The lowest BCUT2D eigenvalue weighted by Crippen LogP contribution is -2.37. The highest BCUT2D eigenvalue weighted by atomic mass is 16.2. The minimum Gasteiger partial charge on any atom is -0.339 e. The van der Waals surface area contributed by atoms with Crippen molar-refractivity contribution >= 4 is 5.91 Å². The maximum atomic E-state index is 12.6. The van der Waals surface area contributed by atoms with Crippen molar-refractivity contribution in [1.29, 1.82) is 0 Å². The summed E-state index contributed by atoms with van der Waals surface area (Å²) in [7, 11) is 0. The van der Waals surface area contributed by atoms with Gasteiger partial charge in [-0.3, -0.25) is 4.79 Å². The van der Waals surface area contributed by atoms with Crippen LogP contribution in [0.1, 0.15) is 51.4 Å². The van der Waals surface area contributed by atoms with E-state index in [-0.39, 0.29) is 0 Å². The molecule has 3 nitrogen and oxygen atoms in total. The van der Waals surface area contributed by atoms with Gasteiger partial charge < -0.3 is 10.6 Å². The normalized spacial score (nSPS) is 38.6. The molecule has 0 bridgehead atoms. The molecule has 2 saturated carbocycles. The zero-order chi connectivity index (χ0) is 12.5. The van der Waals surface area contributed by atoms with Gasteiger partial charge in [0.25, 0.3) is 0 Å². The van der Waals surface area contributed by atoms with Crippen molar-refractivity contribution < 1.29 is 4.79 Å². The van der Waals surface area contributed by atoms with E-state index in [2.05, 4.69) is 4.90 Å². The third kappa shape index (κ3) is 2.18. The van der Waals surface area contributed by atoms with Crippen LogP contribution in [0.3, 0.4) is 0 Å². The highest BCUT2D eigenvalue weighted by Crippen LogP contribution is 2.56. The van der Waals surface area contributed by atoms with Crippen LogP contribution < -0.4 is 5.73 Å². The Morgan fingerprint density at radius 1 is 1.11 bits per heavy atom. The molecule has 3 aliphatic rings. The van der Waals surface area contributed by atoms with E-state index in [1.54, 1.807) is 0 Å². The summed E-state index contributed by atoms with van der Waals surface area (Å²) in [5, 5.41) is 0. The fraction of sp³-hybridized carbons (Fsp3) is 0.933. The van der Waals surface area contributed by atoms with E-state index in [4.69, 9.17) is 5.73 Å². The lowest BCUT2D eigenvalue weighted by molar-refractivity contribution is -0.134. The number of fused-ring (bicyclic) bond motifs is 1. The van der Waals surface area contributed by atoms with Crippen LogP contribution in [0.15, 0.2) is 0 Å². The third-order valence-corrected chi connectivity index (χ3v) is 5.34. The molecular weight excluding hydrogens is 224 g/mol. The van der Waals surface area contributed by atoms with Gasteiger partial charge in [-0.15, -0.1) is 0 Å². The molecule has 3 fully saturated rings. The van der Waals surface area contributed by atoms with Crippen molar-refractivity contribution in [3.8, 4) is 0 Å². The smallest absolute Gasteiger partial charge is 0.226 e. The van der Waals surface area contributed by atoms with Crippen LogP contribution in [0.25, 0.3) is 0 Å². The van der Waals surface area contributed by atoms with E-state index in [0.717, 1.165) is 37.8 Å². The second kappa shape index (κ2) is 5.20. The maximum Gasteiger partial charge on any atom is 0.226 e. The van der Waals surface area contributed by atoms with Gasteiger partial charge in [-0.2, -0.15) is 0 Å². The quantitative estimate of drug-likeness (QED) is 0.831. The fourth-order valence-electron chi connectivity index (χ4n) is 4.33. The Bertz CT molecular complexity index is 306. The minimum atomic E-state index is 0.408. The first kappa shape index (κ1) is 12.5. The number of hydrogen-bond donors (Lipinski definition) is 1. The summed E-state index contributed by atoms with van der Waals surface area (Å²) in [6.45, 7) is 1.76. The molecule has 1 amide bonds. The first-order chi connectivity index (χ1) is 8.83. The predicted molar refractivity (Wildman–Crippen MR) is 72.0 cm³/mol. The zero-order valence-electron chi connectivity index (χ0n) is 11.3. The van der Waals surface area contributed by atoms with Gasteiger partial charge in [0.15, 0.2) is 0 Å². The molecule has 0 aromatic rings. The molecule has 3 atom stereocenters. The Morgan fingerprint density at radius 3 is 2.50 bits per heavy atom. The summed E-state index contributed by atoms with van der Waals surface area (Å²) < 4.78 is 0. The molecule has 0 radical (unpaired) electrons. The number of likely N-dealkylation sites (tertiary alicyclic amines) is 1. The molecule has 1 saturated heterocycles. The van der Waals surface area contributed by atoms with Crippen molar-refractivity contribution in [3.05, 3.63) is 0 Å². The Balaban J connectivity index is 1.58. The summed E-state index contributed by atoms with van der Waals surface area (Å²) in [5.74, 6) is 2.40. The van der Waals surface area contributed by atoms with Gasteiger partial charge >= 0.3 is 0 Å². The summed E-state index contributed by atoms with van der Waals surface area (Å²) in [6.07, 6.45) is 9.89. The first-order valence-corrected chi connectivity index (χ1v) is 7.83. The number of carbonyl (C=O) groups is 1. The van der Waals surface area contributed by atoms with Gasteiger partial charge in [-0.05, 0) is 56.9 Å². The highest BCUT2D eigenvalue weighted by Gasteiger charge is 2.56. The van der Waals surface area contributed by atoms with E-state index in [9.17, 15) is 4.79 Å². The zero-order valence-corrected chi connectivity index (χ0v) is 11.3. The number of amides is 1. The number of rotatable bonds is 4. The average Bonchev–Trinajstić information content (AvgIpc) is 2.94. The van der Waals surface area contributed by atoms with Crippen LogP contribution in [0.4, 0.5) is 0 Å². The lowest BCUT2D eigenvalue weighted by atomic mass is 10.0. The SMILES string of the molecule is NCCCC1CCCN1C(=O)C1C2CCCCC21. The van der Waals surface area contributed by atoms with Crippen molar-refractivity contribution in [3.63, 3.8) is 0 Å². The van der Waals surface area contributed by atoms with Crippen LogP contribution >= 0.6 is 0 Å². The summed E-state index contributed by atoms with van der Waals surface area (Å²) in [6, 6.07) is 0.503. The van der Waals surface area contributed by atoms with Gasteiger partial charge in [-0.1, -0.05) is 12.8 Å². The molecule has 3 unspecified atom stereocenters. The predicted octanol–water partition coefficient (Wildman–Crippen LogP) is 2.15. The van der Waals surface area contributed by atoms with Gasteiger partial charge in [0.05, 0.1) is 0 Å². The topological polar surface area (TPSA) is 46.3 Å². The Morgan fingerprint density at radius 2 is 1.83 bits per heavy atom. The van der Waals surface area contributed by atoms with E-state index >= 15 is 0 Å². The first-order valence-electron chi connectivity index (χ1n) is 7.83. The van der Waals surface area contributed by atoms with Crippen molar-refractivity contribution in [2.24, 2.45) is 23.5 Å². The van der Waals surface area contributed by atoms with Gasteiger partial charge in [0.1, 0.15) is 0 Å². The van der Waals surface area contributed by atoms with Gasteiger partial charge in [0.2, 0.25) is 5.91 Å². The molecule has 2 N–H and O–H groups in total. The standard InChI is InChI=1S/C15H26N2O/c16-9-3-5-11-6-4-10-17(11)15(18)14-12-7-1-2-8-13(12)14/h11-14H,1-10,16H2. The molecule has 3 heteroatoms. The summed E-state index contributed by atoms with van der Waals surface area (Å²) >= 11 is 0. The van der Waals surface area contributed by atoms with Crippen molar-refractivity contribution in [2.45, 2.75) is 57.4 Å². The molecule has 1 heterocycles. The van der Waals surface area contributed by atoms with E-state index in [0.29, 0.717) is 17.9 Å². The molecule has 18 heavy (non-hydrogen) atoms. The molecular formula is C15H26N2O. The third-order valence-electron chi connectivity index (χ3n) is 5.34. The van der Waals surface area contributed by atoms with Crippen molar-refractivity contribution in [1.82, 2.24) is 4.90 Å². The van der Waals surface area contributed by atoms with Gasteiger partial charge in [-0.25, -0.2) is 0 Å². The Kier molecular flexibility index (Phi) is 3.60. The Hall–Kier alpha value is -0.570. The number of hydrogen-bond acceptors (Lipinski definition) is 2. The van der Waals surface area contributed by atoms with E-state index in [1.165, 1.54) is 38.5 Å². The van der Waals surface area contributed by atoms with Gasteiger partial charge in [0, 0.05) is 18.5 Å². The van der Waals surface area contributed by atoms with Crippen LogP contribution in [0.2, 0.25) is 0 Å². The van der Waals surface area contributed by atoms with Crippen LogP contribution in [0, 0.1) is 17.8 Å². The van der Waals surface area contributed by atoms with Crippen molar-refractivity contribution in [2.75, 3.05) is 13.1 Å². The van der Waals surface area contributed by atoms with E-state index < -0.39 is 0 Å². The number of nitrogens with zero attached hydrogens (tertiary/aromatic N) is 1. The summed E-state index contributed by atoms with van der Waals surface area (Å²) in [5.41, 5.74) is 5.59. The summed E-state index contributed by atoms with van der Waals surface area (Å²) in [4.78, 5) is 14.8. The highest BCUT2D eigenvalue weighted by molar-refractivity contribution is 5.83. The Labute approximate surface area is 110 Å². The molecule has 102 valence electrons.